The number of anilines is 1. The first-order valence-electron chi connectivity index (χ1n) is 9.27. The van der Waals surface area contributed by atoms with Crippen LogP contribution in [0.4, 0.5) is 10.8 Å². The molecule has 0 spiro atoms. The second-order valence-electron chi connectivity index (χ2n) is 6.75. The molecule has 0 saturated heterocycles. The molecular weight excluding hydrogens is 527 g/mol. The molecule has 2 aromatic carbocycles. The molecule has 4 rings (SSSR count). The monoisotopic (exact) mass is 538 g/mol. The third kappa shape index (κ3) is 4.40. The molecule has 2 aromatic heterocycles. The number of hydrogen-bond donors (Lipinski definition) is 1. The number of hydrogen-bond acceptors (Lipinski definition) is 9. The zero-order valence-corrected chi connectivity index (χ0v) is 20.1. The van der Waals surface area contributed by atoms with Gasteiger partial charge in [-0.05, 0) is 31.2 Å². The van der Waals surface area contributed by atoms with Crippen LogP contribution in [0.25, 0.3) is 11.3 Å². The minimum absolute atomic E-state index is 0.00212. The molecule has 0 radical (unpaired) electrons. The molecule has 2 heterocycles. The van der Waals surface area contributed by atoms with Crippen LogP contribution in [-0.4, -0.2) is 29.4 Å². The predicted octanol–water partition coefficient (Wildman–Crippen LogP) is 5.41. The Bertz CT molecular complexity index is 1510. The van der Waals surface area contributed by atoms with E-state index < -0.39 is 20.7 Å². The number of nitrogens with one attached hydrogen (secondary N) is 1. The fourth-order valence-corrected chi connectivity index (χ4v) is 6.00. The zero-order chi connectivity index (χ0) is 24.6. The number of sulfone groups is 1. The van der Waals surface area contributed by atoms with Crippen LogP contribution in [0.2, 0.25) is 10.0 Å². The number of halogens is 2. The van der Waals surface area contributed by atoms with Crippen molar-refractivity contribution in [2.75, 3.05) is 5.32 Å². The minimum atomic E-state index is -4.00. The van der Waals surface area contributed by atoms with E-state index in [-0.39, 0.29) is 47.0 Å². The number of thiazole rings is 1. The van der Waals surface area contributed by atoms with Crippen molar-refractivity contribution in [1.29, 1.82) is 0 Å². The van der Waals surface area contributed by atoms with Gasteiger partial charge in [-0.1, -0.05) is 45.8 Å². The van der Waals surface area contributed by atoms with E-state index in [2.05, 4.69) is 15.5 Å². The van der Waals surface area contributed by atoms with Gasteiger partial charge in [-0.25, -0.2) is 13.4 Å². The average molecular weight is 539 g/mol. The highest BCUT2D eigenvalue weighted by Gasteiger charge is 2.27. The van der Waals surface area contributed by atoms with Crippen LogP contribution in [0.5, 0.6) is 0 Å². The highest BCUT2D eigenvalue weighted by molar-refractivity contribution is 7.93. The summed E-state index contributed by atoms with van der Waals surface area (Å²) >= 11 is 13.2. The second-order valence-corrected chi connectivity index (χ2v) is 10.8. The minimum Gasteiger partial charge on any atom is -0.360 e. The number of aryl methyl sites for hydroxylation is 1. The summed E-state index contributed by atoms with van der Waals surface area (Å²) in [6.07, 6.45) is 1.09. The highest BCUT2D eigenvalue weighted by atomic mass is 35.5. The van der Waals surface area contributed by atoms with Gasteiger partial charge in [0.05, 0.1) is 26.1 Å². The van der Waals surface area contributed by atoms with Gasteiger partial charge in [-0.2, -0.15) is 0 Å². The Labute approximate surface area is 206 Å². The number of nitro benzene ring substituents is 1. The third-order valence-electron chi connectivity index (χ3n) is 4.62. The summed E-state index contributed by atoms with van der Waals surface area (Å²) in [5.74, 6) is -0.461. The highest BCUT2D eigenvalue weighted by Crippen LogP contribution is 2.37. The third-order valence-corrected chi connectivity index (χ3v) is 8.39. The molecule has 0 bridgehead atoms. The lowest BCUT2D eigenvalue weighted by Gasteiger charge is -2.06. The van der Waals surface area contributed by atoms with E-state index in [0.717, 1.165) is 30.5 Å². The van der Waals surface area contributed by atoms with Crippen molar-refractivity contribution < 1.29 is 22.7 Å². The molecule has 0 saturated carbocycles. The van der Waals surface area contributed by atoms with Crippen molar-refractivity contribution in [3.63, 3.8) is 0 Å². The van der Waals surface area contributed by atoms with Crippen LogP contribution in [0.1, 0.15) is 16.1 Å². The van der Waals surface area contributed by atoms with Crippen molar-refractivity contribution in [2.24, 2.45) is 0 Å². The Balaban J connectivity index is 1.62. The van der Waals surface area contributed by atoms with Gasteiger partial charge >= 0.3 is 0 Å². The summed E-state index contributed by atoms with van der Waals surface area (Å²) in [6.45, 7) is 1.53. The average Bonchev–Trinajstić information content (AvgIpc) is 3.41. The summed E-state index contributed by atoms with van der Waals surface area (Å²) < 4.78 is 30.7. The predicted molar refractivity (Wildman–Crippen MR) is 125 cm³/mol. The van der Waals surface area contributed by atoms with Gasteiger partial charge in [-0.15, -0.1) is 0 Å². The quantitative estimate of drug-likeness (QED) is 0.253. The number of carbonyl (C=O) groups is 1. The van der Waals surface area contributed by atoms with E-state index in [4.69, 9.17) is 27.7 Å². The number of rotatable bonds is 6. The standard InChI is InChI=1S/C20H12Cl2N4O6S2/c1-10-16(18(25-32-10)17-13(21)3-2-4-14(17)22)19(27)24-20-23-9-15(33-20)34(30,31)12-7-5-11(6-8-12)26(28)29/h2-9H,1H3,(H,23,24,27). The molecule has 14 heteroatoms. The summed E-state index contributed by atoms with van der Waals surface area (Å²) in [5.41, 5.74) is 0.258. The van der Waals surface area contributed by atoms with Gasteiger partial charge in [0.2, 0.25) is 9.84 Å². The van der Waals surface area contributed by atoms with Gasteiger partial charge in [0.15, 0.2) is 5.13 Å². The molecule has 1 amide bonds. The SMILES string of the molecule is Cc1onc(-c2c(Cl)cccc2Cl)c1C(=O)Nc1ncc(S(=O)(=O)c2ccc([N+](=O)[O-])cc2)s1. The first-order valence-corrected chi connectivity index (χ1v) is 12.3. The maximum absolute atomic E-state index is 13.0. The van der Waals surface area contributed by atoms with Crippen LogP contribution in [-0.2, 0) is 9.84 Å². The fraction of sp³-hybridized carbons (Fsp3) is 0.0500. The topological polar surface area (TPSA) is 145 Å². The Morgan fingerprint density at radius 1 is 1.15 bits per heavy atom. The van der Waals surface area contributed by atoms with E-state index in [9.17, 15) is 23.3 Å². The van der Waals surface area contributed by atoms with E-state index in [1.54, 1.807) is 18.2 Å². The maximum atomic E-state index is 13.0. The Morgan fingerprint density at radius 2 is 1.79 bits per heavy atom. The number of non-ortho nitro benzene ring substituents is 1. The number of nitro groups is 1. The summed E-state index contributed by atoms with van der Waals surface area (Å²) in [6, 6.07) is 9.26. The summed E-state index contributed by atoms with van der Waals surface area (Å²) in [4.78, 5) is 27.0. The number of benzene rings is 2. The molecule has 34 heavy (non-hydrogen) atoms. The molecule has 0 fully saturated rings. The summed E-state index contributed by atoms with van der Waals surface area (Å²) in [5, 5.41) is 17.8. The number of aromatic nitrogens is 2. The number of nitrogens with zero attached hydrogens (tertiary/aromatic N) is 3. The Hall–Kier alpha value is -3.32. The molecule has 174 valence electrons. The fourth-order valence-electron chi connectivity index (χ4n) is 3.00. The zero-order valence-electron chi connectivity index (χ0n) is 17.0. The smallest absolute Gasteiger partial charge is 0.269 e. The van der Waals surface area contributed by atoms with Crippen molar-refractivity contribution in [1.82, 2.24) is 10.1 Å². The van der Waals surface area contributed by atoms with E-state index in [1.807, 2.05) is 0 Å². The molecule has 4 aromatic rings. The molecule has 10 nitrogen and oxygen atoms in total. The van der Waals surface area contributed by atoms with Crippen molar-refractivity contribution in [3.8, 4) is 11.3 Å². The van der Waals surface area contributed by atoms with Crippen LogP contribution >= 0.6 is 34.5 Å². The Morgan fingerprint density at radius 3 is 2.41 bits per heavy atom. The molecule has 1 N–H and O–H groups in total. The van der Waals surface area contributed by atoms with Gasteiger partial charge < -0.3 is 4.52 Å². The second kappa shape index (κ2) is 9.14. The molecule has 0 unspecified atom stereocenters. The first kappa shape index (κ1) is 23.8. The Kier molecular flexibility index (Phi) is 6.41. The maximum Gasteiger partial charge on any atom is 0.269 e. The van der Waals surface area contributed by atoms with Gasteiger partial charge in [0.25, 0.3) is 11.6 Å². The summed E-state index contributed by atoms with van der Waals surface area (Å²) in [7, 11) is -4.00. The molecule has 0 aliphatic carbocycles. The van der Waals surface area contributed by atoms with Crippen LogP contribution in [0.3, 0.4) is 0 Å². The van der Waals surface area contributed by atoms with Gasteiger partial charge in [0, 0.05) is 17.7 Å². The lowest BCUT2D eigenvalue weighted by molar-refractivity contribution is -0.384. The van der Waals surface area contributed by atoms with Gasteiger partial charge in [0.1, 0.15) is 21.2 Å². The molecule has 0 atom stereocenters. The van der Waals surface area contributed by atoms with E-state index >= 15 is 0 Å². The number of amides is 1. The van der Waals surface area contributed by atoms with E-state index in [1.165, 1.54) is 6.92 Å². The largest absolute Gasteiger partial charge is 0.360 e. The van der Waals surface area contributed by atoms with Gasteiger partial charge in [-0.3, -0.25) is 20.2 Å². The van der Waals surface area contributed by atoms with E-state index in [0.29, 0.717) is 16.9 Å². The molecular formula is C20H12Cl2N4O6S2. The van der Waals surface area contributed by atoms with Crippen LogP contribution in [0, 0.1) is 17.0 Å². The lowest BCUT2D eigenvalue weighted by atomic mass is 10.1. The van der Waals surface area contributed by atoms with Crippen molar-refractivity contribution in [2.45, 2.75) is 16.0 Å². The number of carbonyl (C=O) groups excluding carboxylic acids is 1. The molecule has 0 aliphatic heterocycles. The van der Waals surface area contributed by atoms with Crippen LogP contribution < -0.4 is 5.32 Å². The van der Waals surface area contributed by atoms with Crippen LogP contribution in [0.15, 0.2) is 62.3 Å². The normalized spacial score (nSPS) is 11.4. The van der Waals surface area contributed by atoms with Crippen molar-refractivity contribution >= 4 is 61.1 Å². The lowest BCUT2D eigenvalue weighted by Crippen LogP contribution is -2.13. The molecule has 0 aliphatic rings. The first-order chi connectivity index (χ1) is 16.1. The van der Waals surface area contributed by atoms with Crippen molar-refractivity contribution in [3.05, 3.63) is 80.1 Å².